The summed E-state index contributed by atoms with van der Waals surface area (Å²) >= 11 is 0. The fraction of sp³-hybridized carbons (Fsp3) is 0.308. The number of non-ortho nitro benzene ring substituents is 1. The van der Waals surface area contributed by atoms with Gasteiger partial charge in [-0.2, -0.15) is 0 Å². The third kappa shape index (κ3) is 2.40. The Hall–Kier alpha value is -2.17. The summed E-state index contributed by atoms with van der Waals surface area (Å²) in [5.74, 6) is 0.788. The molecule has 0 amide bonds. The van der Waals surface area contributed by atoms with E-state index in [0.717, 1.165) is 11.3 Å². The van der Waals surface area contributed by atoms with Crippen molar-refractivity contribution >= 4 is 5.69 Å². The van der Waals surface area contributed by atoms with Gasteiger partial charge in [-0.05, 0) is 12.1 Å². The van der Waals surface area contributed by atoms with Crippen LogP contribution in [-0.4, -0.2) is 10.1 Å². The first kappa shape index (κ1) is 12.3. The number of hydrogen-bond donors (Lipinski definition) is 0. The minimum absolute atomic E-state index is 0.0679. The van der Waals surface area contributed by atoms with Crippen molar-refractivity contribution in [1.82, 2.24) is 5.16 Å². The van der Waals surface area contributed by atoms with Crippen molar-refractivity contribution < 1.29 is 9.45 Å². The second kappa shape index (κ2) is 4.25. The molecule has 0 unspecified atom stereocenters. The fourth-order valence-corrected chi connectivity index (χ4v) is 1.52. The Labute approximate surface area is 105 Å². The van der Waals surface area contributed by atoms with Crippen LogP contribution in [0.4, 0.5) is 5.69 Å². The average Bonchev–Trinajstić information content (AvgIpc) is 2.78. The zero-order valence-corrected chi connectivity index (χ0v) is 10.5. The van der Waals surface area contributed by atoms with Crippen molar-refractivity contribution in [1.29, 1.82) is 0 Å². The molecule has 0 fully saturated rings. The molecule has 0 saturated heterocycles. The molecule has 5 nitrogen and oxygen atoms in total. The summed E-state index contributed by atoms with van der Waals surface area (Å²) in [5, 5.41) is 14.5. The molecule has 0 aliphatic carbocycles. The summed E-state index contributed by atoms with van der Waals surface area (Å²) in [6.07, 6.45) is 0. The summed E-state index contributed by atoms with van der Waals surface area (Å²) in [4.78, 5) is 10.1. The number of nitro groups is 1. The van der Waals surface area contributed by atoms with Crippen LogP contribution >= 0.6 is 0 Å². The Morgan fingerprint density at radius 3 is 2.28 bits per heavy atom. The largest absolute Gasteiger partial charge is 0.360 e. The molecule has 1 aromatic carbocycles. The van der Waals surface area contributed by atoms with Crippen LogP contribution in [0.5, 0.6) is 0 Å². The molecule has 0 bridgehead atoms. The zero-order chi connectivity index (χ0) is 13.3. The molecule has 0 aliphatic rings. The van der Waals surface area contributed by atoms with Crippen LogP contribution in [0.15, 0.2) is 34.9 Å². The smallest absolute Gasteiger partial charge is 0.269 e. The predicted molar refractivity (Wildman–Crippen MR) is 67.3 cm³/mol. The van der Waals surface area contributed by atoms with Gasteiger partial charge in [-0.3, -0.25) is 10.1 Å². The number of hydrogen-bond acceptors (Lipinski definition) is 4. The third-order valence-corrected chi connectivity index (χ3v) is 2.62. The van der Waals surface area contributed by atoms with E-state index in [0.29, 0.717) is 5.69 Å². The average molecular weight is 246 g/mol. The van der Waals surface area contributed by atoms with Crippen LogP contribution in [-0.2, 0) is 5.41 Å². The molecule has 0 spiro atoms. The lowest BCUT2D eigenvalue weighted by molar-refractivity contribution is -0.384. The van der Waals surface area contributed by atoms with E-state index in [4.69, 9.17) is 4.52 Å². The van der Waals surface area contributed by atoms with Gasteiger partial charge in [0.1, 0.15) is 11.5 Å². The molecule has 1 aromatic heterocycles. The van der Waals surface area contributed by atoms with E-state index in [9.17, 15) is 10.1 Å². The highest BCUT2D eigenvalue weighted by Crippen LogP contribution is 2.28. The van der Waals surface area contributed by atoms with E-state index in [-0.39, 0.29) is 11.1 Å². The fourth-order valence-electron chi connectivity index (χ4n) is 1.52. The van der Waals surface area contributed by atoms with E-state index in [1.165, 1.54) is 12.1 Å². The second-order valence-corrected chi connectivity index (χ2v) is 5.13. The normalized spacial score (nSPS) is 11.5. The first-order chi connectivity index (χ1) is 8.38. The highest BCUT2D eigenvalue weighted by molar-refractivity contribution is 5.60. The van der Waals surface area contributed by atoms with Crippen LogP contribution in [0, 0.1) is 10.1 Å². The molecular formula is C13H14N2O3. The Morgan fingerprint density at radius 2 is 1.83 bits per heavy atom. The van der Waals surface area contributed by atoms with Gasteiger partial charge in [0.2, 0.25) is 0 Å². The van der Waals surface area contributed by atoms with Gasteiger partial charge in [0.25, 0.3) is 5.69 Å². The van der Waals surface area contributed by atoms with Gasteiger partial charge in [-0.25, -0.2) is 0 Å². The van der Waals surface area contributed by atoms with Crippen LogP contribution in [0.25, 0.3) is 11.3 Å². The molecule has 0 atom stereocenters. The van der Waals surface area contributed by atoms with E-state index in [1.54, 1.807) is 12.1 Å². The number of nitro benzene ring substituents is 1. The minimum atomic E-state index is -0.423. The molecule has 1 heterocycles. The number of rotatable bonds is 2. The Balaban J connectivity index is 2.32. The van der Waals surface area contributed by atoms with Gasteiger partial charge < -0.3 is 4.52 Å². The van der Waals surface area contributed by atoms with E-state index < -0.39 is 4.92 Å². The molecule has 0 saturated carbocycles. The molecule has 2 rings (SSSR count). The van der Waals surface area contributed by atoms with E-state index in [1.807, 2.05) is 26.8 Å². The maximum Gasteiger partial charge on any atom is 0.269 e. The van der Waals surface area contributed by atoms with Gasteiger partial charge >= 0.3 is 0 Å². The summed E-state index contributed by atoms with van der Waals surface area (Å²) in [5.41, 5.74) is 1.46. The third-order valence-electron chi connectivity index (χ3n) is 2.62. The van der Waals surface area contributed by atoms with Gasteiger partial charge in [0.05, 0.1) is 4.92 Å². The number of nitrogens with zero attached hydrogens (tertiary/aromatic N) is 2. The molecule has 18 heavy (non-hydrogen) atoms. The van der Waals surface area contributed by atoms with Gasteiger partial charge in [0, 0.05) is 29.2 Å². The van der Waals surface area contributed by atoms with Crippen molar-refractivity contribution in [2.45, 2.75) is 26.2 Å². The summed E-state index contributed by atoms with van der Waals surface area (Å²) in [6.45, 7) is 6.10. The second-order valence-electron chi connectivity index (χ2n) is 5.13. The lowest BCUT2D eigenvalue weighted by Crippen LogP contribution is -2.09. The van der Waals surface area contributed by atoms with Gasteiger partial charge in [0.15, 0.2) is 0 Å². The summed E-state index contributed by atoms with van der Waals surface area (Å²) in [7, 11) is 0. The lowest BCUT2D eigenvalue weighted by atomic mass is 9.93. The molecule has 0 aliphatic heterocycles. The summed E-state index contributed by atoms with van der Waals surface area (Å²) < 4.78 is 5.28. The Bertz CT molecular complexity index is 565. The van der Waals surface area contributed by atoms with Crippen LogP contribution < -0.4 is 0 Å². The van der Waals surface area contributed by atoms with Gasteiger partial charge in [-0.15, -0.1) is 0 Å². The van der Waals surface area contributed by atoms with Crippen LogP contribution in [0.2, 0.25) is 0 Å². The van der Waals surface area contributed by atoms with Crippen molar-refractivity contribution in [3.63, 3.8) is 0 Å². The molecule has 5 heteroatoms. The lowest BCUT2D eigenvalue weighted by Gasteiger charge is -2.12. The molecule has 0 N–H and O–H groups in total. The van der Waals surface area contributed by atoms with Crippen LogP contribution in [0.1, 0.15) is 26.5 Å². The highest BCUT2D eigenvalue weighted by Gasteiger charge is 2.20. The van der Waals surface area contributed by atoms with Crippen LogP contribution in [0.3, 0.4) is 0 Å². The van der Waals surface area contributed by atoms with Gasteiger partial charge in [-0.1, -0.05) is 25.9 Å². The highest BCUT2D eigenvalue weighted by atomic mass is 16.6. The number of aromatic nitrogens is 1. The van der Waals surface area contributed by atoms with E-state index >= 15 is 0 Å². The first-order valence-electron chi connectivity index (χ1n) is 5.60. The maximum atomic E-state index is 10.6. The topological polar surface area (TPSA) is 69.2 Å². The molecule has 0 radical (unpaired) electrons. The molecule has 94 valence electrons. The molecule has 2 aromatic rings. The maximum absolute atomic E-state index is 10.6. The monoisotopic (exact) mass is 246 g/mol. The zero-order valence-electron chi connectivity index (χ0n) is 10.5. The summed E-state index contributed by atoms with van der Waals surface area (Å²) in [6, 6.07) is 8.12. The predicted octanol–water partition coefficient (Wildman–Crippen LogP) is 3.55. The first-order valence-corrected chi connectivity index (χ1v) is 5.60. The van der Waals surface area contributed by atoms with Crippen molar-refractivity contribution in [2.24, 2.45) is 0 Å². The van der Waals surface area contributed by atoms with E-state index in [2.05, 4.69) is 5.16 Å². The Kier molecular flexibility index (Phi) is 2.90. The number of benzene rings is 1. The minimum Gasteiger partial charge on any atom is -0.360 e. The Morgan fingerprint density at radius 1 is 1.22 bits per heavy atom. The van der Waals surface area contributed by atoms with Crippen molar-refractivity contribution in [2.75, 3.05) is 0 Å². The SMILES string of the molecule is CC(C)(C)c1cc(-c2ccc([N+](=O)[O-])cc2)no1. The standard InChI is InChI=1S/C13H14N2O3/c1-13(2,3)12-8-11(14-18-12)9-4-6-10(7-5-9)15(16)17/h4-8H,1-3H3. The molecular weight excluding hydrogens is 232 g/mol. The van der Waals surface area contributed by atoms with Crippen molar-refractivity contribution in [3.05, 3.63) is 46.2 Å². The van der Waals surface area contributed by atoms with Crippen molar-refractivity contribution in [3.8, 4) is 11.3 Å². The quantitative estimate of drug-likeness (QED) is 0.600.